The first-order chi connectivity index (χ1) is 12.0. The highest BCUT2D eigenvalue weighted by Gasteiger charge is 2.35. The molecule has 3 rings (SSSR count). The molecule has 0 N–H and O–H groups in total. The lowest BCUT2D eigenvalue weighted by molar-refractivity contribution is -0.137. The van der Waals surface area contributed by atoms with E-state index in [1.54, 1.807) is 35.7 Å². The number of carbonyl (C=O) groups excluding carboxylic acids is 3. The summed E-state index contributed by atoms with van der Waals surface area (Å²) < 4.78 is 0. The number of hydrogen-bond acceptors (Lipinski definition) is 5. The number of rotatable bonds is 6. The fourth-order valence-electron chi connectivity index (χ4n) is 2.61. The molecule has 0 bridgehead atoms. The van der Waals surface area contributed by atoms with Crippen LogP contribution < -0.4 is 0 Å². The predicted octanol–water partition coefficient (Wildman–Crippen LogP) is 1.57. The number of amides is 4. The van der Waals surface area contributed by atoms with Gasteiger partial charge < -0.3 is 9.80 Å². The summed E-state index contributed by atoms with van der Waals surface area (Å²) in [5.41, 5.74) is 1.90. The third-order valence-electron chi connectivity index (χ3n) is 3.93. The Bertz CT molecular complexity index is 763. The summed E-state index contributed by atoms with van der Waals surface area (Å²) in [5, 5.41) is 3.92. The molecule has 4 amide bonds. The van der Waals surface area contributed by atoms with E-state index in [2.05, 4.69) is 4.98 Å². The quantitative estimate of drug-likeness (QED) is 0.735. The van der Waals surface area contributed by atoms with Crippen molar-refractivity contribution in [2.45, 2.75) is 13.1 Å². The first-order valence-electron chi connectivity index (χ1n) is 7.78. The van der Waals surface area contributed by atoms with Gasteiger partial charge in [0.05, 0.1) is 0 Å². The third kappa shape index (κ3) is 4.03. The molecule has 0 aromatic carbocycles. The molecule has 1 saturated heterocycles. The summed E-state index contributed by atoms with van der Waals surface area (Å²) in [5.74, 6) is -0.621. The number of hydrogen-bond donors (Lipinski definition) is 0. The van der Waals surface area contributed by atoms with E-state index in [0.717, 1.165) is 16.0 Å². The maximum Gasteiger partial charge on any atom is 0.327 e. The van der Waals surface area contributed by atoms with Crippen LogP contribution in [0.25, 0.3) is 0 Å². The van der Waals surface area contributed by atoms with E-state index in [4.69, 9.17) is 0 Å². The molecule has 25 heavy (non-hydrogen) atoms. The fraction of sp³-hybridized carbons (Fsp3) is 0.294. The molecule has 0 aliphatic carbocycles. The van der Waals surface area contributed by atoms with Gasteiger partial charge in [-0.15, -0.1) is 0 Å². The highest BCUT2D eigenvalue weighted by atomic mass is 32.1. The number of carbonyl (C=O) groups is 3. The maximum atomic E-state index is 12.8. The number of likely N-dealkylation sites (N-methyl/N-ethyl adjacent to an activating group) is 1. The number of urea groups is 1. The third-order valence-corrected chi connectivity index (χ3v) is 4.66. The van der Waals surface area contributed by atoms with Crippen LogP contribution >= 0.6 is 11.3 Å². The Balaban J connectivity index is 1.74. The fourth-order valence-corrected chi connectivity index (χ4v) is 3.27. The van der Waals surface area contributed by atoms with Crippen LogP contribution in [0.15, 0.2) is 41.4 Å². The SMILES string of the molecule is CN1CC(=O)N(CC(=O)N(Cc2cccnc2)Cc2ccsc2)C1=O. The van der Waals surface area contributed by atoms with Gasteiger partial charge in [-0.25, -0.2) is 4.79 Å². The Morgan fingerprint density at radius 3 is 2.68 bits per heavy atom. The summed E-state index contributed by atoms with van der Waals surface area (Å²) in [6, 6.07) is 5.22. The Kier molecular flexibility index (Phi) is 5.08. The van der Waals surface area contributed by atoms with Gasteiger partial charge in [-0.1, -0.05) is 6.07 Å². The summed E-state index contributed by atoms with van der Waals surface area (Å²) in [4.78, 5) is 44.7. The van der Waals surface area contributed by atoms with Crippen molar-refractivity contribution >= 4 is 29.2 Å². The van der Waals surface area contributed by atoms with Crippen molar-refractivity contribution in [1.29, 1.82) is 0 Å². The molecule has 0 saturated carbocycles. The second-order valence-electron chi connectivity index (χ2n) is 5.86. The molecule has 2 aromatic rings. The molecule has 8 heteroatoms. The van der Waals surface area contributed by atoms with Gasteiger partial charge in [0.2, 0.25) is 5.91 Å². The minimum Gasteiger partial charge on any atom is -0.332 e. The van der Waals surface area contributed by atoms with Crippen molar-refractivity contribution in [3.05, 3.63) is 52.5 Å². The summed E-state index contributed by atoms with van der Waals surface area (Å²) in [6.07, 6.45) is 3.37. The van der Waals surface area contributed by atoms with Crippen molar-refractivity contribution in [3.63, 3.8) is 0 Å². The zero-order valence-electron chi connectivity index (χ0n) is 13.8. The molecule has 0 unspecified atom stereocenters. The smallest absolute Gasteiger partial charge is 0.327 e. The van der Waals surface area contributed by atoms with Crippen LogP contribution in [-0.2, 0) is 22.7 Å². The van der Waals surface area contributed by atoms with Gasteiger partial charge in [0, 0.05) is 32.5 Å². The van der Waals surface area contributed by atoms with Crippen molar-refractivity contribution < 1.29 is 14.4 Å². The highest BCUT2D eigenvalue weighted by Crippen LogP contribution is 2.14. The van der Waals surface area contributed by atoms with Gasteiger partial charge in [-0.05, 0) is 34.0 Å². The van der Waals surface area contributed by atoms with Crippen LogP contribution in [0.2, 0.25) is 0 Å². The van der Waals surface area contributed by atoms with Gasteiger partial charge in [0.25, 0.3) is 5.91 Å². The van der Waals surface area contributed by atoms with Crippen molar-refractivity contribution in [3.8, 4) is 0 Å². The number of imide groups is 1. The zero-order chi connectivity index (χ0) is 17.8. The molecule has 130 valence electrons. The van der Waals surface area contributed by atoms with Gasteiger partial charge in [0.1, 0.15) is 13.1 Å². The first-order valence-corrected chi connectivity index (χ1v) is 8.72. The Morgan fingerprint density at radius 2 is 2.08 bits per heavy atom. The molecule has 1 aliphatic heterocycles. The molecule has 0 atom stereocenters. The van der Waals surface area contributed by atoms with Crippen LogP contribution in [0, 0.1) is 0 Å². The summed E-state index contributed by atoms with van der Waals surface area (Å²) in [6.45, 7) is 0.559. The summed E-state index contributed by atoms with van der Waals surface area (Å²) in [7, 11) is 1.55. The minimum atomic E-state index is -0.435. The maximum absolute atomic E-state index is 12.8. The average Bonchev–Trinajstić information content (AvgIpc) is 3.19. The molecule has 2 aromatic heterocycles. The topological polar surface area (TPSA) is 73.8 Å². The molecule has 1 aliphatic rings. The minimum absolute atomic E-state index is 0.0131. The van der Waals surface area contributed by atoms with E-state index in [0.29, 0.717) is 13.1 Å². The molecule has 7 nitrogen and oxygen atoms in total. The van der Waals surface area contributed by atoms with Crippen LogP contribution in [-0.4, -0.2) is 57.7 Å². The largest absolute Gasteiger partial charge is 0.332 e. The molecule has 3 heterocycles. The Hall–Kier alpha value is -2.74. The number of pyridine rings is 1. The molecule has 1 fully saturated rings. The Morgan fingerprint density at radius 1 is 1.28 bits per heavy atom. The highest BCUT2D eigenvalue weighted by molar-refractivity contribution is 7.07. The van der Waals surface area contributed by atoms with E-state index in [1.807, 2.05) is 29.0 Å². The molecular weight excluding hydrogens is 340 g/mol. The second kappa shape index (κ2) is 7.43. The lowest BCUT2D eigenvalue weighted by atomic mass is 10.2. The number of nitrogens with zero attached hydrogens (tertiary/aromatic N) is 4. The number of thiophene rings is 1. The lowest BCUT2D eigenvalue weighted by Crippen LogP contribution is -2.42. The molecule has 0 spiro atoms. The monoisotopic (exact) mass is 358 g/mol. The van der Waals surface area contributed by atoms with Crippen LogP contribution in [0.1, 0.15) is 11.1 Å². The van der Waals surface area contributed by atoms with E-state index < -0.39 is 6.03 Å². The predicted molar refractivity (Wildman–Crippen MR) is 92.5 cm³/mol. The number of aromatic nitrogens is 1. The molecule has 0 radical (unpaired) electrons. The standard InChI is InChI=1S/C17H18N4O3S/c1-19-10-16(23)21(17(19)24)11-15(22)20(9-14-4-6-25-12-14)8-13-3-2-5-18-7-13/h2-7,12H,8-11H2,1H3. The second-order valence-corrected chi connectivity index (χ2v) is 6.64. The van der Waals surface area contributed by atoms with E-state index in [9.17, 15) is 14.4 Å². The van der Waals surface area contributed by atoms with Crippen molar-refractivity contribution in [2.75, 3.05) is 20.1 Å². The zero-order valence-corrected chi connectivity index (χ0v) is 14.6. The van der Waals surface area contributed by atoms with Crippen molar-refractivity contribution in [2.24, 2.45) is 0 Å². The van der Waals surface area contributed by atoms with Crippen LogP contribution in [0.3, 0.4) is 0 Å². The lowest BCUT2D eigenvalue weighted by Gasteiger charge is -2.24. The van der Waals surface area contributed by atoms with Crippen LogP contribution in [0.4, 0.5) is 4.79 Å². The first kappa shape index (κ1) is 17.1. The molecular formula is C17H18N4O3S. The van der Waals surface area contributed by atoms with Crippen LogP contribution in [0.5, 0.6) is 0 Å². The van der Waals surface area contributed by atoms with Gasteiger partial charge in [-0.3, -0.25) is 19.5 Å². The van der Waals surface area contributed by atoms with E-state index in [1.165, 1.54) is 4.90 Å². The van der Waals surface area contributed by atoms with Gasteiger partial charge in [0.15, 0.2) is 0 Å². The van der Waals surface area contributed by atoms with E-state index >= 15 is 0 Å². The summed E-state index contributed by atoms with van der Waals surface area (Å²) >= 11 is 1.56. The Labute approximate surface area is 149 Å². The van der Waals surface area contributed by atoms with Crippen molar-refractivity contribution in [1.82, 2.24) is 19.7 Å². The van der Waals surface area contributed by atoms with Gasteiger partial charge in [-0.2, -0.15) is 11.3 Å². The van der Waals surface area contributed by atoms with E-state index in [-0.39, 0.29) is 24.9 Å². The van der Waals surface area contributed by atoms with Gasteiger partial charge >= 0.3 is 6.03 Å². The normalized spacial score (nSPS) is 14.3. The average molecular weight is 358 g/mol.